The number of allylic oxidation sites excluding steroid dienone is 3. The van der Waals surface area contributed by atoms with E-state index in [1.165, 1.54) is 0 Å². The van der Waals surface area contributed by atoms with E-state index in [2.05, 4.69) is 0 Å². The van der Waals surface area contributed by atoms with E-state index in [1.54, 1.807) is 12.2 Å². The molecular formula is C11H18O3S. The molecule has 0 radical (unpaired) electrons. The molecule has 0 aromatic heterocycles. The van der Waals surface area contributed by atoms with Crippen LogP contribution in [0.1, 0.15) is 34.1 Å². The highest BCUT2D eigenvalue weighted by atomic mass is 32.2. The van der Waals surface area contributed by atoms with Crippen LogP contribution in [0.2, 0.25) is 0 Å². The van der Waals surface area contributed by atoms with Crippen LogP contribution >= 0.6 is 0 Å². The van der Waals surface area contributed by atoms with Gasteiger partial charge in [0.1, 0.15) is 4.75 Å². The fourth-order valence-electron chi connectivity index (χ4n) is 1.85. The van der Waals surface area contributed by atoms with Gasteiger partial charge in [-0.25, -0.2) is 0 Å². The van der Waals surface area contributed by atoms with Crippen LogP contribution in [0.15, 0.2) is 23.8 Å². The largest absolute Gasteiger partial charge is 0.285 e. The quantitative estimate of drug-likeness (QED) is 0.704. The van der Waals surface area contributed by atoms with Crippen LogP contribution in [-0.2, 0) is 10.1 Å². The Morgan fingerprint density at radius 3 is 2.20 bits per heavy atom. The predicted octanol–water partition coefficient (Wildman–Crippen LogP) is 2.57. The molecule has 86 valence electrons. The summed E-state index contributed by atoms with van der Waals surface area (Å²) in [6.45, 7) is 7.37. The fourth-order valence-corrected chi connectivity index (χ4v) is 3.16. The Morgan fingerprint density at radius 2 is 1.93 bits per heavy atom. The van der Waals surface area contributed by atoms with Crippen molar-refractivity contribution in [1.82, 2.24) is 0 Å². The van der Waals surface area contributed by atoms with E-state index in [1.807, 2.05) is 33.8 Å². The summed E-state index contributed by atoms with van der Waals surface area (Å²) in [6, 6.07) is 0. The Morgan fingerprint density at radius 1 is 1.40 bits per heavy atom. The molecule has 1 aliphatic rings. The summed E-state index contributed by atoms with van der Waals surface area (Å²) in [5.41, 5.74) is 0.493. The maximum absolute atomic E-state index is 11.5. The van der Waals surface area contributed by atoms with Gasteiger partial charge in [-0.1, -0.05) is 44.6 Å². The molecule has 0 aliphatic heterocycles. The first-order chi connectivity index (χ1) is 6.60. The molecular weight excluding hydrogens is 212 g/mol. The average Bonchev–Trinajstić information content (AvgIpc) is 2.00. The van der Waals surface area contributed by atoms with Gasteiger partial charge < -0.3 is 0 Å². The Bertz CT molecular complexity index is 410. The zero-order valence-electron chi connectivity index (χ0n) is 9.61. The van der Waals surface area contributed by atoms with E-state index in [4.69, 9.17) is 0 Å². The molecule has 0 spiro atoms. The molecule has 1 atom stereocenters. The summed E-state index contributed by atoms with van der Waals surface area (Å²) in [5, 5.41) is 0. The molecule has 0 aromatic rings. The molecule has 0 heterocycles. The third-order valence-corrected chi connectivity index (χ3v) is 4.91. The second-order valence-corrected chi connectivity index (χ2v) is 6.78. The molecule has 4 heteroatoms. The van der Waals surface area contributed by atoms with Gasteiger partial charge >= 0.3 is 0 Å². The Labute approximate surface area is 91.6 Å². The smallest absolute Gasteiger partial charge is 0.275 e. The monoisotopic (exact) mass is 230 g/mol. The Kier molecular flexibility index (Phi) is 2.87. The number of hydrogen-bond acceptors (Lipinski definition) is 2. The molecule has 0 saturated carbocycles. The van der Waals surface area contributed by atoms with Gasteiger partial charge in [0.25, 0.3) is 10.1 Å². The molecule has 0 bridgehead atoms. The molecule has 1 rings (SSSR count). The second-order valence-electron chi connectivity index (χ2n) is 5.10. The minimum absolute atomic E-state index is 0.331. The summed E-state index contributed by atoms with van der Waals surface area (Å²) in [7, 11) is -4.10. The van der Waals surface area contributed by atoms with Gasteiger partial charge in [-0.2, -0.15) is 8.42 Å². The summed E-state index contributed by atoms with van der Waals surface area (Å²) >= 11 is 0. The average molecular weight is 230 g/mol. The maximum atomic E-state index is 11.5. The number of hydrogen-bond donors (Lipinski definition) is 1. The lowest BCUT2D eigenvalue weighted by Gasteiger charge is -2.40. The minimum Gasteiger partial charge on any atom is -0.285 e. The van der Waals surface area contributed by atoms with Crippen LogP contribution in [-0.4, -0.2) is 17.7 Å². The molecule has 0 aromatic carbocycles. The van der Waals surface area contributed by atoms with Crippen molar-refractivity contribution in [2.24, 2.45) is 5.41 Å². The second kappa shape index (κ2) is 3.46. The van der Waals surface area contributed by atoms with Gasteiger partial charge in [0.05, 0.1) is 0 Å². The molecule has 0 amide bonds. The van der Waals surface area contributed by atoms with E-state index in [-0.39, 0.29) is 0 Å². The van der Waals surface area contributed by atoms with E-state index in [0.29, 0.717) is 6.42 Å². The first-order valence-corrected chi connectivity index (χ1v) is 6.37. The SMILES string of the molecule is CC1=CCC(C(C)(C)C)(S(=O)(=O)O)C=C1. The van der Waals surface area contributed by atoms with Gasteiger partial charge in [-0.05, 0) is 18.8 Å². The summed E-state index contributed by atoms with van der Waals surface area (Å²) in [4.78, 5) is 0. The first kappa shape index (κ1) is 12.5. The Hall–Kier alpha value is -0.610. The van der Waals surface area contributed by atoms with Crippen molar-refractivity contribution in [3.8, 4) is 0 Å². The van der Waals surface area contributed by atoms with Crippen molar-refractivity contribution in [1.29, 1.82) is 0 Å². The van der Waals surface area contributed by atoms with Gasteiger partial charge in [0.15, 0.2) is 0 Å². The van der Waals surface area contributed by atoms with Crippen LogP contribution in [0.5, 0.6) is 0 Å². The summed E-state index contributed by atoms with van der Waals surface area (Å²) in [6.07, 6.45) is 5.54. The molecule has 3 nitrogen and oxygen atoms in total. The van der Waals surface area contributed by atoms with Gasteiger partial charge in [-0.15, -0.1) is 0 Å². The zero-order valence-corrected chi connectivity index (χ0v) is 10.4. The normalized spacial score (nSPS) is 27.7. The van der Waals surface area contributed by atoms with Crippen molar-refractivity contribution < 1.29 is 13.0 Å². The molecule has 15 heavy (non-hydrogen) atoms. The van der Waals surface area contributed by atoms with Crippen LogP contribution in [0.4, 0.5) is 0 Å². The highest BCUT2D eigenvalue weighted by molar-refractivity contribution is 7.87. The third-order valence-electron chi connectivity index (χ3n) is 3.07. The predicted molar refractivity (Wildman–Crippen MR) is 61.2 cm³/mol. The van der Waals surface area contributed by atoms with Crippen molar-refractivity contribution in [3.05, 3.63) is 23.8 Å². The van der Waals surface area contributed by atoms with Crippen LogP contribution in [0.3, 0.4) is 0 Å². The first-order valence-electron chi connectivity index (χ1n) is 4.93. The molecule has 1 N–H and O–H groups in total. The highest BCUT2D eigenvalue weighted by Gasteiger charge is 2.50. The van der Waals surface area contributed by atoms with Gasteiger partial charge in [0, 0.05) is 0 Å². The summed E-state index contributed by atoms with van der Waals surface area (Å²) in [5.74, 6) is 0. The van der Waals surface area contributed by atoms with Crippen molar-refractivity contribution in [2.45, 2.75) is 38.9 Å². The van der Waals surface area contributed by atoms with Crippen LogP contribution in [0, 0.1) is 5.41 Å². The van der Waals surface area contributed by atoms with E-state index < -0.39 is 20.3 Å². The fraction of sp³-hybridized carbons (Fsp3) is 0.636. The van der Waals surface area contributed by atoms with Crippen LogP contribution < -0.4 is 0 Å². The molecule has 0 saturated heterocycles. The summed E-state index contributed by atoms with van der Waals surface area (Å²) < 4.78 is 31.3. The molecule has 1 aliphatic carbocycles. The third kappa shape index (κ3) is 2.01. The lowest BCUT2D eigenvalue weighted by Crippen LogP contribution is -2.48. The van der Waals surface area contributed by atoms with Gasteiger partial charge in [0.2, 0.25) is 0 Å². The topological polar surface area (TPSA) is 54.4 Å². The van der Waals surface area contributed by atoms with Crippen molar-refractivity contribution in [3.63, 3.8) is 0 Å². The van der Waals surface area contributed by atoms with Crippen LogP contribution in [0.25, 0.3) is 0 Å². The van der Waals surface area contributed by atoms with E-state index >= 15 is 0 Å². The van der Waals surface area contributed by atoms with Gasteiger partial charge in [-0.3, -0.25) is 4.55 Å². The standard InChI is InChI=1S/C11H18O3S/c1-9-5-7-11(8-6-9,10(2,3)4)15(12,13)14/h5-7H,8H2,1-4H3,(H,12,13,14). The van der Waals surface area contributed by atoms with E-state index in [9.17, 15) is 13.0 Å². The van der Waals surface area contributed by atoms with Crippen molar-refractivity contribution in [2.75, 3.05) is 0 Å². The highest BCUT2D eigenvalue weighted by Crippen LogP contribution is 2.43. The zero-order chi connectivity index (χ0) is 11.9. The lowest BCUT2D eigenvalue weighted by atomic mass is 9.75. The maximum Gasteiger partial charge on any atom is 0.275 e. The minimum atomic E-state index is -4.10. The molecule has 1 unspecified atom stereocenters. The number of rotatable bonds is 1. The van der Waals surface area contributed by atoms with Crippen molar-refractivity contribution >= 4 is 10.1 Å². The molecule has 0 fully saturated rings. The lowest BCUT2D eigenvalue weighted by molar-refractivity contribution is 0.289. The van der Waals surface area contributed by atoms with E-state index in [0.717, 1.165) is 5.57 Å². The Balaban J connectivity index is 3.32.